The molecule has 0 amide bonds. The van der Waals surface area contributed by atoms with Gasteiger partial charge in [-0.3, -0.25) is 0 Å². The second-order valence-electron chi connectivity index (χ2n) is 9.21. The molecule has 0 N–H and O–H groups in total. The van der Waals surface area contributed by atoms with Gasteiger partial charge in [-0.05, 0) is 108 Å². The lowest BCUT2D eigenvalue weighted by atomic mass is 9.83. The Labute approximate surface area is 217 Å². The number of fused-ring (bicyclic) bond motifs is 2. The van der Waals surface area contributed by atoms with Crippen LogP contribution >= 0.6 is 31.9 Å². The van der Waals surface area contributed by atoms with Gasteiger partial charge in [0.2, 0.25) is 0 Å². The van der Waals surface area contributed by atoms with Crippen LogP contribution in [0.15, 0.2) is 12.1 Å². The molecule has 9 heteroatoms. The molecule has 2 aromatic carbocycles. The number of ether oxygens (including phenoxy) is 1. The summed E-state index contributed by atoms with van der Waals surface area (Å²) in [6.07, 6.45) is -3.09. The summed E-state index contributed by atoms with van der Waals surface area (Å²) < 4.78 is 89.6. The van der Waals surface area contributed by atoms with Gasteiger partial charge in [-0.1, -0.05) is 31.9 Å². The van der Waals surface area contributed by atoms with Crippen molar-refractivity contribution < 1.29 is 31.1 Å². The first kappa shape index (κ1) is 27.0. The summed E-state index contributed by atoms with van der Waals surface area (Å²) in [6.45, 7) is -0.807. The number of halogens is 8. The average molecular weight is 628 g/mol. The Kier molecular flexibility index (Phi) is 8.28. The van der Waals surface area contributed by atoms with Crippen LogP contribution in [-0.4, -0.2) is 0 Å². The summed E-state index contributed by atoms with van der Waals surface area (Å²) >= 11 is 6.70. The van der Waals surface area contributed by atoms with Gasteiger partial charge in [0.25, 0.3) is 0 Å². The molecule has 0 heterocycles. The molecule has 192 valence electrons. The van der Waals surface area contributed by atoms with Crippen molar-refractivity contribution in [3.05, 3.63) is 67.8 Å². The van der Waals surface area contributed by atoms with Crippen LogP contribution < -0.4 is 0 Å². The molecule has 2 aliphatic rings. The van der Waals surface area contributed by atoms with E-state index < -0.39 is 36.7 Å². The molecule has 2 aliphatic carbocycles. The summed E-state index contributed by atoms with van der Waals surface area (Å²) in [4.78, 5) is 0. The number of rotatable bonds is 6. The molecule has 0 aromatic heterocycles. The van der Waals surface area contributed by atoms with Crippen molar-refractivity contribution in [2.24, 2.45) is 0 Å². The van der Waals surface area contributed by atoms with Crippen LogP contribution in [-0.2, 0) is 66.6 Å². The number of alkyl halides is 8. The smallest absolute Gasteiger partial charge is 0.372 e. The summed E-state index contributed by atoms with van der Waals surface area (Å²) in [5, 5.41) is 0.467. The normalized spacial score (nSPS) is 16.2. The largest absolute Gasteiger partial charge is 0.416 e. The van der Waals surface area contributed by atoms with Crippen molar-refractivity contribution in [2.75, 3.05) is 0 Å². The van der Waals surface area contributed by atoms with Crippen LogP contribution in [0.4, 0.5) is 26.3 Å². The summed E-state index contributed by atoms with van der Waals surface area (Å²) in [5.74, 6) is 0. The average Bonchev–Trinajstić information content (AvgIpc) is 2.81. The molecular weight excluding hydrogens is 602 g/mol. The monoisotopic (exact) mass is 626 g/mol. The minimum atomic E-state index is -4.58. The minimum Gasteiger partial charge on any atom is -0.372 e. The zero-order valence-electron chi connectivity index (χ0n) is 19.1. The maximum atomic E-state index is 14.0. The third-order valence-electron chi connectivity index (χ3n) is 7.14. The van der Waals surface area contributed by atoms with E-state index in [1.165, 1.54) is 12.1 Å². The first-order chi connectivity index (χ1) is 16.6. The van der Waals surface area contributed by atoms with Crippen molar-refractivity contribution in [2.45, 2.75) is 87.6 Å². The third kappa shape index (κ3) is 5.61. The molecule has 0 bridgehead atoms. The standard InChI is InChI=1S/C26H26Br2F6O/c27-11-19-17-7-3-1-5-15(17)9-23(25(29,30)31)21(19)13-35-14-22-20(12-28)18-8-4-2-6-16(18)10-24(22)26(32,33)34/h9-10H,1-8,11-14H2. The Hall–Kier alpha value is -1.06. The van der Waals surface area contributed by atoms with E-state index in [0.717, 1.165) is 36.8 Å². The number of aryl methyl sites for hydroxylation is 2. The molecule has 2 aromatic rings. The fourth-order valence-electron chi connectivity index (χ4n) is 5.49. The van der Waals surface area contributed by atoms with Crippen molar-refractivity contribution in [1.82, 2.24) is 0 Å². The molecule has 0 saturated heterocycles. The predicted molar refractivity (Wildman–Crippen MR) is 130 cm³/mol. The van der Waals surface area contributed by atoms with Gasteiger partial charge in [-0.25, -0.2) is 0 Å². The Morgan fingerprint density at radius 1 is 0.600 bits per heavy atom. The molecule has 0 radical (unpaired) electrons. The van der Waals surface area contributed by atoms with Crippen LogP contribution in [0.25, 0.3) is 0 Å². The molecule has 0 unspecified atom stereocenters. The zero-order valence-corrected chi connectivity index (χ0v) is 22.2. The second-order valence-corrected chi connectivity index (χ2v) is 10.3. The van der Waals surface area contributed by atoms with Crippen molar-refractivity contribution in [3.63, 3.8) is 0 Å². The van der Waals surface area contributed by atoms with E-state index in [2.05, 4.69) is 31.9 Å². The van der Waals surface area contributed by atoms with Gasteiger partial charge in [0.1, 0.15) is 0 Å². The Balaban J connectivity index is 1.72. The van der Waals surface area contributed by atoms with Crippen LogP contribution in [0.2, 0.25) is 0 Å². The summed E-state index contributed by atoms with van der Waals surface area (Å²) in [6, 6.07) is 2.42. The van der Waals surface area contributed by atoms with Crippen LogP contribution in [0.1, 0.15) is 81.3 Å². The maximum Gasteiger partial charge on any atom is 0.416 e. The van der Waals surface area contributed by atoms with Gasteiger partial charge in [-0.2, -0.15) is 26.3 Å². The highest BCUT2D eigenvalue weighted by Crippen LogP contribution is 2.42. The molecule has 35 heavy (non-hydrogen) atoms. The van der Waals surface area contributed by atoms with Crippen molar-refractivity contribution in [3.8, 4) is 0 Å². The fraction of sp³-hybridized carbons (Fsp3) is 0.538. The molecule has 0 atom stereocenters. The third-order valence-corrected chi connectivity index (χ3v) is 8.26. The van der Waals surface area contributed by atoms with Crippen molar-refractivity contribution in [1.29, 1.82) is 0 Å². The Bertz CT molecular complexity index is 1010. The Morgan fingerprint density at radius 3 is 1.31 bits per heavy atom. The molecular formula is C26H26Br2F6O. The first-order valence-electron chi connectivity index (χ1n) is 11.7. The lowest BCUT2D eigenvalue weighted by Gasteiger charge is -2.27. The molecule has 4 rings (SSSR count). The minimum absolute atomic E-state index is 0.0157. The van der Waals surface area contributed by atoms with E-state index in [4.69, 9.17) is 4.74 Å². The van der Waals surface area contributed by atoms with E-state index in [1.807, 2.05) is 0 Å². The van der Waals surface area contributed by atoms with Crippen LogP contribution in [0.5, 0.6) is 0 Å². The van der Waals surface area contributed by atoms with Gasteiger partial charge in [0, 0.05) is 10.7 Å². The summed E-state index contributed by atoms with van der Waals surface area (Å²) in [7, 11) is 0. The van der Waals surface area contributed by atoms with Crippen LogP contribution in [0, 0.1) is 0 Å². The van der Waals surface area contributed by atoms with E-state index >= 15 is 0 Å². The number of hydrogen-bond donors (Lipinski definition) is 0. The Morgan fingerprint density at radius 2 is 0.971 bits per heavy atom. The van der Waals surface area contributed by atoms with E-state index in [9.17, 15) is 26.3 Å². The molecule has 0 aliphatic heterocycles. The zero-order chi connectivity index (χ0) is 25.4. The molecule has 0 fully saturated rings. The predicted octanol–water partition coefficient (Wildman–Crippen LogP) is 8.99. The van der Waals surface area contributed by atoms with Gasteiger partial charge in [0.05, 0.1) is 24.3 Å². The maximum absolute atomic E-state index is 14.0. The van der Waals surface area contributed by atoms with E-state index in [1.54, 1.807) is 0 Å². The number of hydrogen-bond acceptors (Lipinski definition) is 1. The van der Waals surface area contributed by atoms with E-state index in [-0.39, 0.29) is 21.8 Å². The fourth-order valence-corrected chi connectivity index (χ4v) is 6.84. The lowest BCUT2D eigenvalue weighted by Crippen LogP contribution is -2.19. The van der Waals surface area contributed by atoms with Gasteiger partial charge >= 0.3 is 12.4 Å². The van der Waals surface area contributed by atoms with Gasteiger partial charge < -0.3 is 4.74 Å². The van der Waals surface area contributed by atoms with E-state index in [0.29, 0.717) is 47.9 Å². The van der Waals surface area contributed by atoms with Gasteiger partial charge in [-0.15, -0.1) is 0 Å². The second kappa shape index (κ2) is 10.7. The highest BCUT2D eigenvalue weighted by Gasteiger charge is 2.38. The molecule has 1 nitrogen and oxygen atoms in total. The van der Waals surface area contributed by atoms with Crippen molar-refractivity contribution >= 4 is 31.9 Å². The van der Waals surface area contributed by atoms with Gasteiger partial charge in [0.15, 0.2) is 0 Å². The quantitative estimate of drug-likeness (QED) is 0.229. The first-order valence-corrected chi connectivity index (χ1v) is 14.0. The topological polar surface area (TPSA) is 9.23 Å². The molecule has 0 spiro atoms. The highest BCUT2D eigenvalue weighted by molar-refractivity contribution is 9.08. The SMILES string of the molecule is FC(F)(F)c1cc2c(c(CBr)c1COCc1c(C(F)(F)F)cc3c(c1CBr)CCCC3)CCCC2. The summed E-state index contributed by atoms with van der Waals surface area (Å²) in [5.41, 5.74) is 2.85. The van der Waals surface area contributed by atoms with Crippen LogP contribution in [0.3, 0.4) is 0 Å². The molecule has 0 saturated carbocycles. The highest BCUT2D eigenvalue weighted by atomic mass is 79.9. The lowest BCUT2D eigenvalue weighted by molar-refractivity contribution is -0.139. The number of benzene rings is 2.